The summed E-state index contributed by atoms with van der Waals surface area (Å²) >= 11 is 0. The van der Waals surface area contributed by atoms with E-state index >= 15 is 0 Å². The topological polar surface area (TPSA) is 64.3 Å². The van der Waals surface area contributed by atoms with Gasteiger partial charge in [-0.1, -0.05) is 25.1 Å². The molecule has 1 rings (SSSR count). The molecule has 0 radical (unpaired) electrons. The summed E-state index contributed by atoms with van der Waals surface area (Å²) < 4.78 is 5.34. The van der Waals surface area contributed by atoms with Crippen LogP contribution in [0.5, 0.6) is 5.75 Å². The highest BCUT2D eigenvalue weighted by molar-refractivity contribution is 5.77. The molecule has 0 spiro atoms. The van der Waals surface area contributed by atoms with Crippen LogP contribution in [-0.2, 0) is 4.79 Å². The van der Waals surface area contributed by atoms with Crippen molar-refractivity contribution in [1.29, 1.82) is 0 Å². The Balaban J connectivity index is 2.07. The average Bonchev–Trinajstić information content (AvgIpc) is 2.42. The maximum atomic E-state index is 11.5. The molecule has 1 amide bonds. The van der Waals surface area contributed by atoms with E-state index in [0.717, 1.165) is 12.8 Å². The molecule has 0 aromatic heterocycles. The Morgan fingerprint density at radius 1 is 1.39 bits per heavy atom. The van der Waals surface area contributed by atoms with Crippen molar-refractivity contribution in [3.05, 3.63) is 30.3 Å². The van der Waals surface area contributed by atoms with Gasteiger partial charge in [0.1, 0.15) is 5.75 Å². The van der Waals surface area contributed by atoms with Crippen molar-refractivity contribution in [3.8, 4) is 5.75 Å². The van der Waals surface area contributed by atoms with Crippen molar-refractivity contribution >= 4 is 5.91 Å². The van der Waals surface area contributed by atoms with Crippen molar-refractivity contribution in [3.63, 3.8) is 0 Å². The summed E-state index contributed by atoms with van der Waals surface area (Å²) in [5.74, 6) is 1.14. The van der Waals surface area contributed by atoms with Crippen LogP contribution < -0.4 is 15.8 Å². The first-order chi connectivity index (χ1) is 8.72. The average molecular weight is 250 g/mol. The summed E-state index contributed by atoms with van der Waals surface area (Å²) in [5.41, 5.74) is 5.52. The normalized spacial score (nSPS) is 11.9. The SMILES string of the molecule is CC(CN)CCCNC(=O)COc1ccccc1. The van der Waals surface area contributed by atoms with Crippen molar-refractivity contribution in [2.24, 2.45) is 11.7 Å². The third kappa shape index (κ3) is 6.25. The Morgan fingerprint density at radius 3 is 2.78 bits per heavy atom. The van der Waals surface area contributed by atoms with E-state index in [4.69, 9.17) is 10.5 Å². The Morgan fingerprint density at radius 2 is 2.11 bits per heavy atom. The molecule has 0 saturated heterocycles. The number of nitrogens with two attached hydrogens (primary N) is 1. The Hall–Kier alpha value is -1.55. The second-order valence-electron chi connectivity index (χ2n) is 4.43. The molecule has 18 heavy (non-hydrogen) atoms. The molecule has 1 aromatic rings. The third-order valence-electron chi connectivity index (χ3n) is 2.71. The molecule has 1 aromatic carbocycles. The molecule has 0 saturated carbocycles. The number of benzene rings is 1. The van der Waals surface area contributed by atoms with Gasteiger partial charge in [-0.15, -0.1) is 0 Å². The minimum atomic E-state index is -0.0840. The molecular formula is C14H22N2O2. The van der Waals surface area contributed by atoms with Gasteiger partial charge in [0.2, 0.25) is 0 Å². The van der Waals surface area contributed by atoms with Crippen LogP contribution in [0.1, 0.15) is 19.8 Å². The highest BCUT2D eigenvalue weighted by Gasteiger charge is 2.03. The zero-order valence-corrected chi connectivity index (χ0v) is 10.9. The van der Waals surface area contributed by atoms with Crippen molar-refractivity contribution in [1.82, 2.24) is 5.32 Å². The van der Waals surface area contributed by atoms with Gasteiger partial charge in [0.15, 0.2) is 6.61 Å². The second kappa shape index (κ2) is 8.53. The van der Waals surface area contributed by atoms with E-state index in [-0.39, 0.29) is 12.5 Å². The molecule has 1 atom stereocenters. The molecule has 0 aliphatic heterocycles. The van der Waals surface area contributed by atoms with Gasteiger partial charge in [0.25, 0.3) is 5.91 Å². The Bertz CT molecular complexity index is 341. The molecule has 100 valence electrons. The molecule has 1 unspecified atom stereocenters. The number of carbonyl (C=O) groups excluding carboxylic acids is 1. The summed E-state index contributed by atoms with van der Waals surface area (Å²) in [7, 11) is 0. The van der Waals surface area contributed by atoms with Gasteiger partial charge in [-0.2, -0.15) is 0 Å². The zero-order chi connectivity index (χ0) is 13.2. The molecule has 0 heterocycles. The highest BCUT2D eigenvalue weighted by Crippen LogP contribution is 2.07. The van der Waals surface area contributed by atoms with Crippen LogP contribution in [0.25, 0.3) is 0 Å². The van der Waals surface area contributed by atoms with Gasteiger partial charge in [-0.25, -0.2) is 0 Å². The fourth-order valence-corrected chi connectivity index (χ4v) is 1.51. The fraction of sp³-hybridized carbons (Fsp3) is 0.500. The lowest BCUT2D eigenvalue weighted by atomic mass is 10.1. The van der Waals surface area contributed by atoms with E-state index in [1.54, 1.807) is 0 Å². The number of rotatable bonds is 8. The van der Waals surface area contributed by atoms with Crippen LogP contribution in [0.4, 0.5) is 0 Å². The minimum absolute atomic E-state index is 0.0659. The van der Waals surface area contributed by atoms with Crippen LogP contribution in [-0.4, -0.2) is 25.6 Å². The van der Waals surface area contributed by atoms with E-state index in [2.05, 4.69) is 12.2 Å². The summed E-state index contributed by atoms with van der Waals surface area (Å²) in [6.45, 7) is 3.56. The summed E-state index contributed by atoms with van der Waals surface area (Å²) in [6, 6.07) is 9.32. The minimum Gasteiger partial charge on any atom is -0.484 e. The van der Waals surface area contributed by atoms with Gasteiger partial charge < -0.3 is 15.8 Å². The number of hydrogen-bond acceptors (Lipinski definition) is 3. The van der Waals surface area contributed by atoms with Crippen molar-refractivity contribution < 1.29 is 9.53 Å². The van der Waals surface area contributed by atoms with Crippen LogP contribution in [0.3, 0.4) is 0 Å². The van der Waals surface area contributed by atoms with Crippen LogP contribution >= 0.6 is 0 Å². The molecular weight excluding hydrogens is 228 g/mol. The lowest BCUT2D eigenvalue weighted by molar-refractivity contribution is -0.123. The van der Waals surface area contributed by atoms with Gasteiger partial charge in [-0.3, -0.25) is 4.79 Å². The summed E-state index contributed by atoms with van der Waals surface area (Å²) in [6.07, 6.45) is 1.99. The van der Waals surface area contributed by atoms with E-state index in [9.17, 15) is 4.79 Å². The molecule has 0 aliphatic rings. The first-order valence-electron chi connectivity index (χ1n) is 6.37. The Kier molecular flexibility index (Phi) is 6.87. The number of hydrogen-bond donors (Lipinski definition) is 2. The maximum Gasteiger partial charge on any atom is 0.257 e. The van der Waals surface area contributed by atoms with Crippen LogP contribution in [0, 0.1) is 5.92 Å². The van der Waals surface area contributed by atoms with E-state index in [1.165, 1.54) is 0 Å². The van der Waals surface area contributed by atoms with Gasteiger partial charge in [0, 0.05) is 6.54 Å². The number of amides is 1. The van der Waals surface area contributed by atoms with Crippen molar-refractivity contribution in [2.45, 2.75) is 19.8 Å². The quantitative estimate of drug-likeness (QED) is 0.688. The predicted octanol–water partition coefficient (Wildman–Crippen LogP) is 1.56. The number of carbonyl (C=O) groups is 1. The predicted molar refractivity (Wildman–Crippen MR) is 72.4 cm³/mol. The number of para-hydroxylation sites is 1. The van der Waals surface area contributed by atoms with E-state index < -0.39 is 0 Å². The van der Waals surface area contributed by atoms with Gasteiger partial charge in [-0.05, 0) is 37.4 Å². The molecule has 0 aliphatic carbocycles. The Labute approximate surface area is 109 Å². The van der Waals surface area contributed by atoms with Crippen molar-refractivity contribution in [2.75, 3.05) is 19.7 Å². The van der Waals surface area contributed by atoms with Crippen LogP contribution in [0.2, 0.25) is 0 Å². The largest absolute Gasteiger partial charge is 0.484 e. The van der Waals surface area contributed by atoms with Gasteiger partial charge >= 0.3 is 0 Å². The summed E-state index contributed by atoms with van der Waals surface area (Å²) in [4.78, 5) is 11.5. The molecule has 0 bridgehead atoms. The van der Waals surface area contributed by atoms with E-state index in [0.29, 0.717) is 24.8 Å². The zero-order valence-electron chi connectivity index (χ0n) is 10.9. The molecule has 4 heteroatoms. The molecule has 3 N–H and O–H groups in total. The lowest BCUT2D eigenvalue weighted by Gasteiger charge is -2.09. The standard InChI is InChI=1S/C14H22N2O2/c1-12(10-15)6-5-9-16-14(17)11-18-13-7-3-2-4-8-13/h2-4,7-8,12H,5-6,9-11,15H2,1H3,(H,16,17). The molecule has 4 nitrogen and oxygen atoms in total. The highest BCUT2D eigenvalue weighted by atomic mass is 16.5. The fourth-order valence-electron chi connectivity index (χ4n) is 1.51. The lowest BCUT2D eigenvalue weighted by Crippen LogP contribution is -2.30. The van der Waals surface area contributed by atoms with Gasteiger partial charge in [0.05, 0.1) is 0 Å². The number of nitrogens with one attached hydrogen (secondary N) is 1. The summed E-state index contributed by atoms with van der Waals surface area (Å²) in [5, 5.41) is 2.83. The molecule has 0 fully saturated rings. The maximum absolute atomic E-state index is 11.5. The monoisotopic (exact) mass is 250 g/mol. The smallest absolute Gasteiger partial charge is 0.257 e. The van der Waals surface area contributed by atoms with Crippen LogP contribution in [0.15, 0.2) is 30.3 Å². The first kappa shape index (κ1) is 14.5. The second-order valence-corrected chi connectivity index (χ2v) is 4.43. The third-order valence-corrected chi connectivity index (χ3v) is 2.71. The number of ether oxygens (including phenoxy) is 1. The first-order valence-corrected chi connectivity index (χ1v) is 6.37. The van der Waals surface area contributed by atoms with E-state index in [1.807, 2.05) is 30.3 Å².